The molecule has 0 bridgehead atoms. The Balaban J connectivity index is 0.000000140. The normalized spacial score (nSPS) is 8.64. The van der Waals surface area contributed by atoms with Crippen LogP contribution in [0.4, 0.5) is 5.69 Å². The van der Waals surface area contributed by atoms with Crippen LogP contribution < -0.4 is 5.73 Å². The predicted molar refractivity (Wildman–Crippen MR) is 62.3 cm³/mol. The van der Waals surface area contributed by atoms with Crippen molar-refractivity contribution < 1.29 is 0 Å². The summed E-state index contributed by atoms with van der Waals surface area (Å²) in [6.07, 6.45) is 0. The maximum atomic E-state index is 5.54. The number of halogens is 1. The van der Waals surface area contributed by atoms with Gasteiger partial charge in [0.2, 0.25) is 0 Å². The summed E-state index contributed by atoms with van der Waals surface area (Å²) in [5.74, 6) is 0. The highest BCUT2D eigenvalue weighted by atomic mass is 35.5. The minimum absolute atomic E-state index is 0.794. The number of hydrogen-bond acceptors (Lipinski definition) is 1. The lowest BCUT2D eigenvalue weighted by atomic mass is 10.3. The number of nitrogens with two attached hydrogens (primary N) is 1. The molecule has 0 unspecified atom stereocenters. The number of hydrogen-bond donors (Lipinski definition) is 1. The van der Waals surface area contributed by atoms with Crippen LogP contribution in [-0.2, 0) is 0 Å². The zero-order valence-electron chi connectivity index (χ0n) is 7.73. The molecular formula is C12H12ClN. The third kappa shape index (κ3) is 4.53. The molecule has 0 saturated heterocycles. The zero-order chi connectivity index (χ0) is 10.2. The number of benzene rings is 2. The van der Waals surface area contributed by atoms with Crippen molar-refractivity contribution >= 4 is 17.3 Å². The van der Waals surface area contributed by atoms with Crippen molar-refractivity contribution in [3.63, 3.8) is 0 Å². The first kappa shape index (κ1) is 10.6. The van der Waals surface area contributed by atoms with Crippen LogP contribution in [0.5, 0.6) is 0 Å². The Morgan fingerprint density at radius 2 is 1.14 bits per heavy atom. The zero-order valence-corrected chi connectivity index (χ0v) is 8.48. The molecule has 0 heterocycles. The maximum Gasteiger partial charge on any atom is 0.0405 e. The van der Waals surface area contributed by atoms with Crippen molar-refractivity contribution in [2.45, 2.75) is 0 Å². The first-order chi connectivity index (χ1) is 6.79. The van der Waals surface area contributed by atoms with Crippen LogP contribution in [0, 0.1) is 0 Å². The average molecular weight is 206 g/mol. The largest absolute Gasteiger partial charge is 0.399 e. The molecule has 0 fully saturated rings. The Hall–Kier alpha value is -1.47. The molecule has 0 atom stereocenters. The van der Waals surface area contributed by atoms with Gasteiger partial charge in [-0.05, 0) is 24.3 Å². The van der Waals surface area contributed by atoms with Crippen LogP contribution >= 0.6 is 11.6 Å². The summed E-state index contributed by atoms with van der Waals surface area (Å²) >= 11 is 5.54. The van der Waals surface area contributed by atoms with Crippen molar-refractivity contribution in [1.82, 2.24) is 0 Å². The average Bonchev–Trinajstić information content (AvgIpc) is 2.21. The van der Waals surface area contributed by atoms with E-state index in [1.54, 1.807) is 0 Å². The highest BCUT2D eigenvalue weighted by molar-refractivity contribution is 6.30. The molecule has 0 saturated carbocycles. The molecule has 2 aromatic carbocycles. The summed E-state index contributed by atoms with van der Waals surface area (Å²) in [5.41, 5.74) is 6.18. The van der Waals surface area contributed by atoms with E-state index in [0.717, 1.165) is 10.7 Å². The standard InChI is InChI=1S/C6H5Cl.C6H7N/c2*7-6-4-2-1-3-5-6/h1-5H;1-5H,7H2. The predicted octanol–water partition coefficient (Wildman–Crippen LogP) is 3.61. The third-order valence-electron chi connectivity index (χ3n) is 1.53. The van der Waals surface area contributed by atoms with Gasteiger partial charge in [-0.25, -0.2) is 0 Å². The highest BCUT2D eigenvalue weighted by Crippen LogP contribution is 2.03. The van der Waals surface area contributed by atoms with E-state index in [-0.39, 0.29) is 0 Å². The molecule has 0 aliphatic rings. The lowest BCUT2D eigenvalue weighted by molar-refractivity contribution is 1.69. The Bertz CT molecular complexity index is 308. The van der Waals surface area contributed by atoms with Gasteiger partial charge in [-0.3, -0.25) is 0 Å². The Morgan fingerprint density at radius 3 is 1.36 bits per heavy atom. The SMILES string of the molecule is Clc1ccccc1.Nc1ccccc1. The number of nitrogen functional groups attached to an aromatic ring is 1. The van der Waals surface area contributed by atoms with Crippen LogP contribution in [0.3, 0.4) is 0 Å². The van der Waals surface area contributed by atoms with E-state index in [2.05, 4.69) is 0 Å². The van der Waals surface area contributed by atoms with Crippen LogP contribution in [0.1, 0.15) is 0 Å². The van der Waals surface area contributed by atoms with Crippen LogP contribution in [0.15, 0.2) is 60.7 Å². The van der Waals surface area contributed by atoms with E-state index in [1.165, 1.54) is 0 Å². The minimum Gasteiger partial charge on any atom is -0.399 e. The van der Waals surface area contributed by atoms with Crippen LogP contribution in [-0.4, -0.2) is 0 Å². The first-order valence-corrected chi connectivity index (χ1v) is 4.68. The first-order valence-electron chi connectivity index (χ1n) is 4.30. The Morgan fingerprint density at radius 1 is 0.714 bits per heavy atom. The second kappa shape index (κ2) is 6.06. The number of rotatable bonds is 0. The second-order valence-electron chi connectivity index (χ2n) is 2.71. The van der Waals surface area contributed by atoms with Crippen molar-refractivity contribution in [2.75, 3.05) is 5.73 Å². The maximum absolute atomic E-state index is 5.54. The van der Waals surface area contributed by atoms with Gasteiger partial charge in [0.15, 0.2) is 0 Å². The van der Waals surface area contributed by atoms with E-state index in [4.69, 9.17) is 17.3 Å². The second-order valence-corrected chi connectivity index (χ2v) is 3.14. The lowest BCUT2D eigenvalue weighted by Crippen LogP contribution is -1.79. The van der Waals surface area contributed by atoms with Gasteiger partial charge in [-0.1, -0.05) is 48.0 Å². The fourth-order valence-corrected chi connectivity index (χ4v) is 1.01. The summed E-state index contributed by atoms with van der Waals surface area (Å²) in [6.45, 7) is 0. The van der Waals surface area contributed by atoms with Crippen molar-refractivity contribution in [3.05, 3.63) is 65.7 Å². The van der Waals surface area contributed by atoms with Crippen molar-refractivity contribution in [2.24, 2.45) is 0 Å². The van der Waals surface area contributed by atoms with E-state index >= 15 is 0 Å². The lowest BCUT2D eigenvalue weighted by Gasteiger charge is -1.83. The summed E-state index contributed by atoms with van der Waals surface area (Å²) in [4.78, 5) is 0. The van der Waals surface area contributed by atoms with E-state index in [0.29, 0.717) is 0 Å². The number of para-hydroxylation sites is 1. The van der Waals surface area contributed by atoms with Crippen LogP contribution in [0.25, 0.3) is 0 Å². The van der Waals surface area contributed by atoms with E-state index < -0.39 is 0 Å². The van der Waals surface area contributed by atoms with E-state index in [9.17, 15) is 0 Å². The summed E-state index contributed by atoms with van der Waals surface area (Å²) in [7, 11) is 0. The molecule has 0 amide bonds. The van der Waals surface area contributed by atoms with Gasteiger partial charge < -0.3 is 5.73 Å². The smallest absolute Gasteiger partial charge is 0.0405 e. The summed E-state index contributed by atoms with van der Waals surface area (Å²) in [5, 5.41) is 0.794. The summed E-state index contributed by atoms with van der Waals surface area (Å²) < 4.78 is 0. The Labute approximate surface area is 89.1 Å². The topological polar surface area (TPSA) is 26.0 Å². The van der Waals surface area contributed by atoms with Gasteiger partial charge in [-0.15, -0.1) is 0 Å². The molecule has 2 rings (SSSR count). The molecule has 14 heavy (non-hydrogen) atoms. The van der Waals surface area contributed by atoms with Gasteiger partial charge in [0.05, 0.1) is 0 Å². The molecule has 72 valence electrons. The molecule has 0 radical (unpaired) electrons. The molecule has 0 aromatic heterocycles. The fourth-order valence-electron chi connectivity index (χ4n) is 0.868. The third-order valence-corrected chi connectivity index (χ3v) is 1.78. The van der Waals surface area contributed by atoms with Gasteiger partial charge in [0.1, 0.15) is 0 Å². The molecule has 0 aliphatic heterocycles. The monoisotopic (exact) mass is 205 g/mol. The van der Waals surface area contributed by atoms with Gasteiger partial charge in [0.25, 0.3) is 0 Å². The number of anilines is 1. The fraction of sp³-hybridized carbons (Fsp3) is 0. The molecule has 1 nitrogen and oxygen atoms in total. The molecule has 2 N–H and O–H groups in total. The molecule has 0 spiro atoms. The highest BCUT2D eigenvalue weighted by Gasteiger charge is 1.75. The molecule has 2 heteroatoms. The minimum atomic E-state index is 0.794. The Kier molecular flexibility index (Phi) is 4.59. The van der Waals surface area contributed by atoms with E-state index in [1.807, 2.05) is 60.7 Å². The quantitative estimate of drug-likeness (QED) is 0.654. The van der Waals surface area contributed by atoms with Gasteiger partial charge in [-0.2, -0.15) is 0 Å². The van der Waals surface area contributed by atoms with Gasteiger partial charge in [0, 0.05) is 10.7 Å². The molecular weight excluding hydrogens is 194 g/mol. The molecule has 2 aromatic rings. The van der Waals surface area contributed by atoms with Crippen LogP contribution in [0.2, 0.25) is 5.02 Å². The van der Waals surface area contributed by atoms with Gasteiger partial charge >= 0.3 is 0 Å². The molecule has 0 aliphatic carbocycles. The van der Waals surface area contributed by atoms with Crippen molar-refractivity contribution in [1.29, 1.82) is 0 Å². The summed E-state index contributed by atoms with van der Waals surface area (Å²) in [6, 6.07) is 18.9. The van der Waals surface area contributed by atoms with Crippen molar-refractivity contribution in [3.8, 4) is 0 Å².